The molecule has 2 N–H and O–H groups in total. The highest BCUT2D eigenvalue weighted by Gasteiger charge is 2.12. The number of anilines is 1. The second-order valence-electron chi connectivity index (χ2n) is 4.28. The van der Waals surface area contributed by atoms with E-state index in [0.717, 1.165) is 12.8 Å². The van der Waals surface area contributed by atoms with Gasteiger partial charge in [0, 0.05) is 13.6 Å². The lowest BCUT2D eigenvalue weighted by atomic mass is 10.2. The van der Waals surface area contributed by atoms with Crippen molar-refractivity contribution in [3.05, 3.63) is 41.4 Å². The monoisotopic (exact) mass is 296 g/mol. The minimum absolute atomic E-state index is 0.0762. The number of aromatic carboxylic acids is 1. The van der Waals surface area contributed by atoms with Crippen LogP contribution in [-0.4, -0.2) is 35.6 Å². The van der Waals surface area contributed by atoms with Crippen LogP contribution < -0.4 is 5.32 Å². The Labute approximate surface area is 122 Å². The third-order valence-electron chi connectivity index (χ3n) is 2.71. The number of nitrogens with one attached hydrogen (secondary N) is 1. The number of carbonyl (C=O) groups excluding carboxylic acids is 1. The number of carbonyl (C=O) groups is 2. The van der Waals surface area contributed by atoms with Crippen LogP contribution in [0, 0.1) is 0 Å². The van der Waals surface area contributed by atoms with Crippen molar-refractivity contribution in [2.45, 2.75) is 12.8 Å². The number of hydrogen-bond acceptors (Lipinski definition) is 2. The van der Waals surface area contributed by atoms with Crippen LogP contribution in [-0.2, 0) is 0 Å². The number of unbranched alkanes of at least 4 members (excludes halogenated alkanes) is 1. The second-order valence-corrected chi connectivity index (χ2v) is 4.69. The van der Waals surface area contributed by atoms with Gasteiger partial charge in [-0.2, -0.15) is 0 Å². The fourth-order valence-corrected chi connectivity index (χ4v) is 1.76. The van der Waals surface area contributed by atoms with E-state index in [0.29, 0.717) is 12.2 Å². The van der Waals surface area contributed by atoms with E-state index in [-0.39, 0.29) is 16.6 Å². The van der Waals surface area contributed by atoms with E-state index in [1.165, 1.54) is 23.1 Å². The maximum absolute atomic E-state index is 11.9. The molecule has 0 unspecified atom stereocenters. The zero-order valence-electron chi connectivity index (χ0n) is 11.2. The lowest BCUT2D eigenvalue weighted by molar-refractivity contribution is 0.0697. The molecule has 6 heteroatoms. The summed E-state index contributed by atoms with van der Waals surface area (Å²) in [6.45, 7) is 4.22. The van der Waals surface area contributed by atoms with E-state index in [1.807, 2.05) is 0 Å². The van der Waals surface area contributed by atoms with Crippen LogP contribution in [0.1, 0.15) is 23.2 Å². The second kappa shape index (κ2) is 7.55. The van der Waals surface area contributed by atoms with Crippen molar-refractivity contribution in [2.24, 2.45) is 0 Å². The minimum atomic E-state index is -1.06. The first kappa shape index (κ1) is 16.0. The van der Waals surface area contributed by atoms with E-state index < -0.39 is 5.97 Å². The SMILES string of the molecule is C=CCCCN(C)C(=O)Nc1ccc(C(=O)O)cc1Cl. The Morgan fingerprint density at radius 3 is 2.75 bits per heavy atom. The summed E-state index contributed by atoms with van der Waals surface area (Å²) in [5, 5.41) is 11.7. The van der Waals surface area contributed by atoms with Gasteiger partial charge in [-0.3, -0.25) is 0 Å². The number of hydrogen-bond donors (Lipinski definition) is 2. The van der Waals surface area contributed by atoms with Crippen molar-refractivity contribution in [2.75, 3.05) is 18.9 Å². The summed E-state index contributed by atoms with van der Waals surface area (Å²) in [4.78, 5) is 24.2. The predicted molar refractivity (Wildman–Crippen MR) is 79.5 cm³/mol. The molecule has 0 fully saturated rings. The molecule has 0 aromatic heterocycles. The van der Waals surface area contributed by atoms with Crippen LogP contribution >= 0.6 is 11.6 Å². The minimum Gasteiger partial charge on any atom is -0.478 e. The van der Waals surface area contributed by atoms with Gasteiger partial charge in [-0.15, -0.1) is 6.58 Å². The van der Waals surface area contributed by atoms with Crippen LogP contribution in [0.4, 0.5) is 10.5 Å². The summed E-state index contributed by atoms with van der Waals surface area (Å²) < 4.78 is 0. The Kier molecular flexibility index (Phi) is 6.06. The molecule has 1 aromatic rings. The molecule has 0 aliphatic heterocycles. The Hall–Kier alpha value is -2.01. The number of amides is 2. The first-order chi connectivity index (χ1) is 9.45. The molecule has 0 heterocycles. The molecule has 2 amide bonds. The molecule has 0 saturated carbocycles. The molecule has 5 nitrogen and oxygen atoms in total. The van der Waals surface area contributed by atoms with Crippen LogP contribution in [0.3, 0.4) is 0 Å². The van der Waals surface area contributed by atoms with Crippen LogP contribution in [0.5, 0.6) is 0 Å². The number of rotatable bonds is 6. The number of halogens is 1. The topological polar surface area (TPSA) is 69.6 Å². The third kappa shape index (κ3) is 4.59. The van der Waals surface area contributed by atoms with Gasteiger partial charge in [-0.05, 0) is 31.0 Å². The average molecular weight is 297 g/mol. The molecule has 0 aliphatic carbocycles. The van der Waals surface area contributed by atoms with Gasteiger partial charge in [0.1, 0.15) is 0 Å². The average Bonchev–Trinajstić information content (AvgIpc) is 2.40. The maximum Gasteiger partial charge on any atom is 0.335 e. The fraction of sp³-hybridized carbons (Fsp3) is 0.286. The summed E-state index contributed by atoms with van der Waals surface area (Å²) in [7, 11) is 1.68. The lowest BCUT2D eigenvalue weighted by Crippen LogP contribution is -2.32. The Morgan fingerprint density at radius 1 is 1.50 bits per heavy atom. The van der Waals surface area contributed by atoms with Gasteiger partial charge in [-0.25, -0.2) is 9.59 Å². The number of carboxylic acid groups (broad SMARTS) is 1. The van der Waals surface area contributed by atoms with Crippen molar-refractivity contribution in [1.29, 1.82) is 0 Å². The highest BCUT2D eigenvalue weighted by molar-refractivity contribution is 6.34. The quantitative estimate of drug-likeness (QED) is 0.624. The first-order valence-electron chi connectivity index (χ1n) is 6.11. The molecule has 0 aliphatic rings. The van der Waals surface area contributed by atoms with Gasteiger partial charge in [0.05, 0.1) is 16.3 Å². The van der Waals surface area contributed by atoms with Crippen molar-refractivity contribution < 1.29 is 14.7 Å². The Bertz CT molecular complexity index is 517. The van der Waals surface area contributed by atoms with Crippen molar-refractivity contribution in [1.82, 2.24) is 4.90 Å². The van der Waals surface area contributed by atoms with Crippen molar-refractivity contribution >= 4 is 29.3 Å². The third-order valence-corrected chi connectivity index (χ3v) is 3.02. The van der Waals surface area contributed by atoms with Gasteiger partial charge in [-0.1, -0.05) is 17.7 Å². The van der Waals surface area contributed by atoms with Gasteiger partial charge < -0.3 is 15.3 Å². The molecular formula is C14H17ClN2O3. The summed E-state index contributed by atoms with van der Waals surface area (Å²) in [5.41, 5.74) is 0.463. The molecule has 1 aromatic carbocycles. The maximum atomic E-state index is 11.9. The van der Waals surface area contributed by atoms with Crippen LogP contribution in [0.25, 0.3) is 0 Å². The smallest absolute Gasteiger partial charge is 0.335 e. The summed E-state index contributed by atoms with van der Waals surface area (Å²) in [5.74, 6) is -1.06. The van der Waals surface area contributed by atoms with Gasteiger partial charge in [0.25, 0.3) is 0 Å². The molecule has 0 spiro atoms. The Balaban J connectivity index is 2.66. The van der Waals surface area contributed by atoms with Crippen LogP contribution in [0.2, 0.25) is 5.02 Å². The summed E-state index contributed by atoms with van der Waals surface area (Å²) >= 11 is 5.94. The first-order valence-corrected chi connectivity index (χ1v) is 6.49. The summed E-state index contributed by atoms with van der Waals surface area (Å²) in [6, 6.07) is 3.87. The van der Waals surface area contributed by atoms with Gasteiger partial charge in [0.15, 0.2) is 0 Å². The summed E-state index contributed by atoms with van der Waals surface area (Å²) in [6.07, 6.45) is 3.47. The number of benzene rings is 1. The Morgan fingerprint density at radius 2 is 2.20 bits per heavy atom. The molecular weight excluding hydrogens is 280 g/mol. The lowest BCUT2D eigenvalue weighted by Gasteiger charge is -2.18. The fourth-order valence-electron chi connectivity index (χ4n) is 1.53. The molecule has 0 atom stereocenters. The molecule has 20 heavy (non-hydrogen) atoms. The number of allylic oxidation sites excluding steroid dienone is 1. The van der Waals surface area contributed by atoms with Crippen molar-refractivity contribution in [3.63, 3.8) is 0 Å². The van der Waals surface area contributed by atoms with E-state index in [2.05, 4.69) is 11.9 Å². The molecule has 0 saturated heterocycles. The molecule has 0 bridgehead atoms. The van der Waals surface area contributed by atoms with E-state index in [4.69, 9.17) is 16.7 Å². The van der Waals surface area contributed by atoms with Crippen molar-refractivity contribution in [3.8, 4) is 0 Å². The zero-order chi connectivity index (χ0) is 15.1. The number of nitrogens with zero attached hydrogens (tertiary/aromatic N) is 1. The van der Waals surface area contributed by atoms with E-state index >= 15 is 0 Å². The normalized spacial score (nSPS) is 9.90. The largest absolute Gasteiger partial charge is 0.478 e. The highest BCUT2D eigenvalue weighted by Crippen LogP contribution is 2.23. The molecule has 108 valence electrons. The predicted octanol–water partition coefficient (Wildman–Crippen LogP) is 3.47. The molecule has 1 rings (SSSR count). The zero-order valence-corrected chi connectivity index (χ0v) is 12.0. The van der Waals surface area contributed by atoms with E-state index in [1.54, 1.807) is 13.1 Å². The standard InChI is InChI=1S/C14H17ClN2O3/c1-3-4-5-8-17(2)14(20)16-12-7-6-10(13(18)19)9-11(12)15/h3,6-7,9H,1,4-5,8H2,2H3,(H,16,20)(H,18,19). The van der Waals surface area contributed by atoms with Crippen LogP contribution in [0.15, 0.2) is 30.9 Å². The number of urea groups is 1. The molecule has 0 radical (unpaired) electrons. The number of carboxylic acids is 1. The highest BCUT2D eigenvalue weighted by atomic mass is 35.5. The van der Waals surface area contributed by atoms with Gasteiger partial charge in [0.2, 0.25) is 0 Å². The van der Waals surface area contributed by atoms with Gasteiger partial charge >= 0.3 is 12.0 Å². The van der Waals surface area contributed by atoms with E-state index in [9.17, 15) is 9.59 Å².